The average Bonchev–Trinajstić information content (AvgIpc) is 1.69. The van der Waals surface area contributed by atoms with E-state index < -0.39 is 0 Å². The van der Waals surface area contributed by atoms with Crippen LogP contribution in [0.15, 0.2) is 23.2 Å². The van der Waals surface area contributed by atoms with Crippen molar-refractivity contribution in [1.82, 2.24) is 0 Å². The van der Waals surface area contributed by atoms with E-state index in [4.69, 9.17) is 11.5 Å². The first-order valence-corrected chi connectivity index (χ1v) is 2.75. The normalized spacial score (nSPS) is 11.4. The second-order valence-corrected chi connectivity index (χ2v) is 1.61. The SMILES string of the molecule is NC=CSC=CN. The lowest BCUT2D eigenvalue weighted by molar-refractivity contribution is 1.62. The zero-order chi connectivity index (χ0) is 5.54. The molecule has 0 aromatic rings. The fraction of sp³-hybridized carbons (Fsp3) is 0. The van der Waals surface area contributed by atoms with Gasteiger partial charge in [-0.2, -0.15) is 0 Å². The Kier molecular flexibility index (Phi) is 4.99. The van der Waals surface area contributed by atoms with Crippen molar-refractivity contribution in [2.24, 2.45) is 11.5 Å². The molecule has 0 bridgehead atoms. The molecule has 0 amide bonds. The van der Waals surface area contributed by atoms with Crippen LogP contribution in [0.1, 0.15) is 0 Å². The highest BCUT2D eigenvalue weighted by Crippen LogP contribution is 1.99. The van der Waals surface area contributed by atoms with Crippen LogP contribution in [0.2, 0.25) is 0 Å². The molecule has 7 heavy (non-hydrogen) atoms. The number of hydrogen-bond acceptors (Lipinski definition) is 3. The Morgan fingerprint density at radius 2 is 1.43 bits per heavy atom. The van der Waals surface area contributed by atoms with E-state index in [1.807, 2.05) is 0 Å². The quantitative estimate of drug-likeness (QED) is 0.555. The van der Waals surface area contributed by atoms with Crippen molar-refractivity contribution in [3.63, 3.8) is 0 Å². The molecule has 0 rings (SSSR count). The topological polar surface area (TPSA) is 52.0 Å². The Morgan fingerprint density at radius 1 is 1.00 bits per heavy atom. The van der Waals surface area contributed by atoms with Crippen LogP contribution < -0.4 is 11.5 Å². The molecule has 0 atom stereocenters. The monoisotopic (exact) mass is 116 g/mol. The molecule has 0 fully saturated rings. The Bertz CT molecular complexity index is 67.8. The van der Waals surface area contributed by atoms with Crippen LogP contribution in [0.4, 0.5) is 0 Å². The van der Waals surface area contributed by atoms with Crippen molar-refractivity contribution in [3.8, 4) is 0 Å². The first-order chi connectivity index (χ1) is 3.41. The molecule has 2 nitrogen and oxygen atoms in total. The van der Waals surface area contributed by atoms with Crippen molar-refractivity contribution in [2.75, 3.05) is 0 Å². The molecule has 0 aliphatic rings. The van der Waals surface area contributed by atoms with Crippen molar-refractivity contribution < 1.29 is 0 Å². The Labute approximate surface area is 47.3 Å². The highest BCUT2D eigenvalue weighted by atomic mass is 32.2. The van der Waals surface area contributed by atoms with Crippen LogP contribution in [-0.4, -0.2) is 0 Å². The number of thioether (sulfide) groups is 1. The van der Waals surface area contributed by atoms with Gasteiger partial charge in [0.15, 0.2) is 0 Å². The van der Waals surface area contributed by atoms with Gasteiger partial charge in [-0.15, -0.1) is 11.8 Å². The Balaban J connectivity index is 2.98. The summed E-state index contributed by atoms with van der Waals surface area (Å²) >= 11 is 1.44. The summed E-state index contributed by atoms with van der Waals surface area (Å²) in [5, 5.41) is 3.48. The highest BCUT2D eigenvalue weighted by molar-refractivity contribution is 8.04. The molecule has 0 aliphatic heterocycles. The van der Waals surface area contributed by atoms with Crippen LogP contribution in [-0.2, 0) is 0 Å². The maximum absolute atomic E-state index is 4.99. The zero-order valence-corrected chi connectivity index (χ0v) is 4.69. The average molecular weight is 116 g/mol. The lowest BCUT2D eigenvalue weighted by atomic mass is 11.1. The molecule has 0 saturated heterocycles. The predicted octanol–water partition coefficient (Wildman–Crippen LogP) is 0.579. The highest BCUT2D eigenvalue weighted by Gasteiger charge is 1.61. The molecule has 0 heterocycles. The second-order valence-electron chi connectivity index (χ2n) is 0.793. The van der Waals surface area contributed by atoms with Crippen LogP contribution in [0, 0.1) is 0 Å². The Morgan fingerprint density at radius 3 is 1.71 bits per heavy atom. The molecule has 0 aromatic carbocycles. The third kappa shape index (κ3) is 5.43. The molecule has 4 N–H and O–H groups in total. The van der Waals surface area contributed by atoms with Crippen molar-refractivity contribution in [3.05, 3.63) is 23.2 Å². The predicted molar refractivity (Wildman–Crippen MR) is 34.2 cm³/mol. The van der Waals surface area contributed by atoms with Crippen LogP contribution in [0.5, 0.6) is 0 Å². The lowest BCUT2D eigenvalue weighted by Crippen LogP contribution is -1.73. The van der Waals surface area contributed by atoms with Gasteiger partial charge in [-0.1, -0.05) is 0 Å². The molecule has 0 saturated carbocycles. The van der Waals surface area contributed by atoms with Gasteiger partial charge in [0, 0.05) is 12.4 Å². The van der Waals surface area contributed by atoms with Crippen LogP contribution in [0.3, 0.4) is 0 Å². The van der Waals surface area contributed by atoms with Crippen molar-refractivity contribution in [1.29, 1.82) is 0 Å². The van der Waals surface area contributed by atoms with Crippen LogP contribution >= 0.6 is 11.8 Å². The summed E-state index contributed by atoms with van der Waals surface area (Å²) in [7, 11) is 0. The fourth-order valence-corrected chi connectivity index (χ4v) is 0.408. The second kappa shape index (κ2) is 5.43. The van der Waals surface area contributed by atoms with Gasteiger partial charge >= 0.3 is 0 Å². The number of rotatable bonds is 2. The standard InChI is InChI=1S/C4H8N2S/c5-1-3-7-4-2-6/h1-4H,5-6H2. The van der Waals surface area contributed by atoms with E-state index in [2.05, 4.69) is 0 Å². The van der Waals surface area contributed by atoms with E-state index in [-0.39, 0.29) is 0 Å². The van der Waals surface area contributed by atoms with Gasteiger partial charge < -0.3 is 11.5 Å². The summed E-state index contributed by atoms with van der Waals surface area (Å²) in [5.41, 5.74) is 9.99. The molecule has 0 aliphatic carbocycles. The summed E-state index contributed by atoms with van der Waals surface area (Å²) in [6.45, 7) is 0. The van der Waals surface area contributed by atoms with Gasteiger partial charge in [0.05, 0.1) is 0 Å². The van der Waals surface area contributed by atoms with Crippen LogP contribution in [0.25, 0.3) is 0 Å². The molecule has 0 radical (unpaired) electrons. The molecule has 0 spiro atoms. The maximum atomic E-state index is 4.99. The summed E-state index contributed by atoms with van der Waals surface area (Å²) in [4.78, 5) is 0. The molecule has 3 heteroatoms. The first-order valence-electron chi connectivity index (χ1n) is 1.80. The molecule has 0 unspecified atom stereocenters. The third-order valence-corrected chi connectivity index (χ3v) is 0.943. The summed E-state index contributed by atoms with van der Waals surface area (Å²) < 4.78 is 0. The molecule has 0 aromatic heterocycles. The van der Waals surface area contributed by atoms with Gasteiger partial charge in [-0.05, 0) is 10.8 Å². The zero-order valence-electron chi connectivity index (χ0n) is 3.87. The van der Waals surface area contributed by atoms with E-state index >= 15 is 0 Å². The smallest absolute Gasteiger partial charge is 0.000524 e. The van der Waals surface area contributed by atoms with Crippen molar-refractivity contribution in [2.45, 2.75) is 0 Å². The van der Waals surface area contributed by atoms with Crippen molar-refractivity contribution >= 4 is 11.8 Å². The van der Waals surface area contributed by atoms with Gasteiger partial charge in [-0.3, -0.25) is 0 Å². The summed E-state index contributed by atoms with van der Waals surface area (Å²) in [6.07, 6.45) is 2.93. The Hall–Kier alpha value is -0.570. The maximum Gasteiger partial charge on any atom is 0.000524 e. The van der Waals surface area contributed by atoms with Gasteiger partial charge in [0.25, 0.3) is 0 Å². The minimum atomic E-state index is 1.44. The van der Waals surface area contributed by atoms with Gasteiger partial charge in [0.1, 0.15) is 0 Å². The summed E-state index contributed by atoms with van der Waals surface area (Å²) in [5.74, 6) is 0. The minimum Gasteiger partial charge on any atom is -0.404 e. The van der Waals surface area contributed by atoms with E-state index in [0.29, 0.717) is 0 Å². The number of hydrogen-bond donors (Lipinski definition) is 2. The lowest BCUT2D eigenvalue weighted by Gasteiger charge is -1.74. The minimum absolute atomic E-state index is 1.44. The van der Waals surface area contributed by atoms with E-state index in [1.54, 1.807) is 10.8 Å². The first kappa shape index (κ1) is 6.43. The largest absolute Gasteiger partial charge is 0.404 e. The fourth-order valence-electron chi connectivity index (χ4n) is 0.136. The van der Waals surface area contributed by atoms with E-state index in [9.17, 15) is 0 Å². The third-order valence-electron chi connectivity index (χ3n) is 0.314. The van der Waals surface area contributed by atoms with Gasteiger partial charge in [0.2, 0.25) is 0 Å². The van der Waals surface area contributed by atoms with E-state index in [1.165, 1.54) is 24.2 Å². The molecular weight excluding hydrogens is 108 g/mol. The summed E-state index contributed by atoms with van der Waals surface area (Å²) in [6, 6.07) is 0. The number of nitrogens with two attached hydrogens (primary N) is 2. The van der Waals surface area contributed by atoms with Gasteiger partial charge in [-0.25, -0.2) is 0 Å². The molecule has 40 valence electrons. The molecular formula is C4H8N2S. The van der Waals surface area contributed by atoms with E-state index in [0.717, 1.165) is 0 Å².